The van der Waals surface area contributed by atoms with Crippen LogP contribution in [0.5, 0.6) is 5.75 Å². The number of nitrogens with one attached hydrogen (secondary N) is 2. The zero-order valence-electron chi connectivity index (χ0n) is 17.6. The number of thiazole rings is 1. The maximum absolute atomic E-state index is 13.0. The molecule has 1 atom stereocenters. The van der Waals surface area contributed by atoms with Crippen LogP contribution in [0.2, 0.25) is 0 Å². The number of methoxy groups -OCH3 is 1. The summed E-state index contributed by atoms with van der Waals surface area (Å²) in [6.45, 7) is 2.10. The highest BCUT2D eigenvalue weighted by Gasteiger charge is 2.30. The Morgan fingerprint density at radius 2 is 1.84 bits per heavy atom. The lowest BCUT2D eigenvalue weighted by Gasteiger charge is -2.20. The van der Waals surface area contributed by atoms with E-state index in [2.05, 4.69) is 22.5 Å². The largest absolute Gasteiger partial charge is 0.497 e. The number of aryl methyl sites for hydroxylation is 2. The fraction of sp³-hybridized carbons (Fsp3) is 0.292. The number of hydrogen-bond acceptors (Lipinski definition) is 5. The van der Waals surface area contributed by atoms with Crippen LogP contribution in [0.3, 0.4) is 0 Å². The van der Waals surface area contributed by atoms with Crippen molar-refractivity contribution in [3.63, 3.8) is 0 Å². The van der Waals surface area contributed by atoms with Crippen LogP contribution in [0, 0.1) is 0 Å². The number of aromatic nitrogens is 1. The number of fused-ring (bicyclic) bond motifs is 1. The van der Waals surface area contributed by atoms with Gasteiger partial charge in [0.05, 0.1) is 18.7 Å². The number of anilines is 2. The van der Waals surface area contributed by atoms with E-state index in [1.807, 2.05) is 24.3 Å². The van der Waals surface area contributed by atoms with Crippen molar-refractivity contribution >= 4 is 34.0 Å². The van der Waals surface area contributed by atoms with Gasteiger partial charge in [-0.3, -0.25) is 14.9 Å². The summed E-state index contributed by atoms with van der Waals surface area (Å²) in [6.07, 6.45) is 3.51. The minimum absolute atomic E-state index is 0.0523. The van der Waals surface area contributed by atoms with E-state index in [0.717, 1.165) is 41.9 Å². The van der Waals surface area contributed by atoms with Crippen molar-refractivity contribution in [2.24, 2.45) is 0 Å². The third kappa shape index (κ3) is 4.77. The molecule has 1 unspecified atom stereocenters. The monoisotopic (exact) mass is 435 g/mol. The van der Waals surface area contributed by atoms with Crippen molar-refractivity contribution in [2.45, 2.75) is 38.5 Å². The molecule has 0 radical (unpaired) electrons. The van der Waals surface area contributed by atoms with Gasteiger partial charge in [0.1, 0.15) is 5.75 Å². The van der Waals surface area contributed by atoms with Gasteiger partial charge in [0.15, 0.2) is 5.13 Å². The zero-order chi connectivity index (χ0) is 21.8. The van der Waals surface area contributed by atoms with Gasteiger partial charge in [-0.05, 0) is 67.6 Å². The zero-order valence-corrected chi connectivity index (χ0v) is 18.4. The van der Waals surface area contributed by atoms with Crippen molar-refractivity contribution in [1.82, 2.24) is 4.98 Å². The second kappa shape index (κ2) is 9.31. The number of ether oxygens (including phenoxy) is 1. The van der Waals surface area contributed by atoms with Crippen LogP contribution in [-0.4, -0.2) is 23.9 Å². The van der Waals surface area contributed by atoms with Crippen molar-refractivity contribution in [3.05, 3.63) is 70.2 Å². The molecular formula is C24H25N3O3S. The first-order valence-corrected chi connectivity index (χ1v) is 11.2. The van der Waals surface area contributed by atoms with E-state index in [0.29, 0.717) is 16.4 Å². The summed E-state index contributed by atoms with van der Waals surface area (Å²) < 4.78 is 5.13. The summed E-state index contributed by atoms with van der Waals surface area (Å²) in [4.78, 5) is 31.2. The normalized spacial score (nSPS) is 15.1. The molecule has 0 fully saturated rings. The lowest BCUT2D eigenvalue weighted by Crippen LogP contribution is -2.24. The molecule has 160 valence electrons. The molecule has 0 spiro atoms. The van der Waals surface area contributed by atoms with Crippen LogP contribution in [0.1, 0.15) is 52.2 Å². The van der Waals surface area contributed by atoms with E-state index in [-0.39, 0.29) is 17.7 Å². The second-order valence-corrected chi connectivity index (χ2v) is 8.58. The number of rotatable bonds is 6. The maximum Gasteiger partial charge on any atom is 0.257 e. The molecule has 1 heterocycles. The highest BCUT2D eigenvalue weighted by Crippen LogP contribution is 2.37. The number of hydrogen-bond donors (Lipinski definition) is 2. The fourth-order valence-electron chi connectivity index (χ4n) is 3.69. The molecule has 2 amide bonds. The molecule has 2 N–H and O–H groups in total. The molecule has 0 saturated carbocycles. The summed E-state index contributed by atoms with van der Waals surface area (Å²) in [5.74, 6) is 0.103. The summed E-state index contributed by atoms with van der Waals surface area (Å²) in [5, 5.41) is 6.41. The first-order chi connectivity index (χ1) is 15.1. The van der Waals surface area contributed by atoms with E-state index in [4.69, 9.17) is 4.74 Å². The van der Waals surface area contributed by atoms with Gasteiger partial charge in [0.2, 0.25) is 5.91 Å². The van der Waals surface area contributed by atoms with Gasteiger partial charge in [-0.2, -0.15) is 0 Å². The predicted octanol–water partition coefficient (Wildman–Crippen LogP) is 5.03. The average Bonchev–Trinajstić information content (AvgIpc) is 3.22. The van der Waals surface area contributed by atoms with Gasteiger partial charge < -0.3 is 10.1 Å². The van der Waals surface area contributed by atoms with Crippen molar-refractivity contribution in [2.75, 3.05) is 17.7 Å². The SMILES string of the molecule is CCc1ccc(NC(=O)C2CCCc3sc(NC(=O)c4ccc(OC)cc4)nc32)cc1. The number of carbonyl (C=O) groups excluding carboxylic acids is 2. The van der Waals surface area contributed by atoms with E-state index in [1.54, 1.807) is 31.4 Å². The molecular weight excluding hydrogens is 410 g/mol. The molecule has 1 aliphatic rings. The fourth-order valence-corrected chi connectivity index (χ4v) is 4.75. The summed E-state index contributed by atoms with van der Waals surface area (Å²) in [6, 6.07) is 14.8. The third-order valence-electron chi connectivity index (χ3n) is 5.47. The van der Waals surface area contributed by atoms with Crippen molar-refractivity contribution < 1.29 is 14.3 Å². The van der Waals surface area contributed by atoms with Crippen LogP contribution in [0.15, 0.2) is 48.5 Å². The van der Waals surface area contributed by atoms with Gasteiger partial charge in [-0.15, -0.1) is 11.3 Å². The third-order valence-corrected chi connectivity index (χ3v) is 6.52. The first kappa shape index (κ1) is 21.1. The van der Waals surface area contributed by atoms with E-state index >= 15 is 0 Å². The number of nitrogens with zero attached hydrogens (tertiary/aromatic N) is 1. The lowest BCUT2D eigenvalue weighted by atomic mass is 9.90. The van der Waals surface area contributed by atoms with Crippen molar-refractivity contribution in [1.29, 1.82) is 0 Å². The molecule has 6 nitrogen and oxygen atoms in total. The number of carbonyl (C=O) groups is 2. The Bertz CT molecular complexity index is 1070. The minimum atomic E-state index is -0.308. The molecule has 31 heavy (non-hydrogen) atoms. The Balaban J connectivity index is 1.47. The van der Waals surface area contributed by atoms with E-state index in [9.17, 15) is 9.59 Å². The Kier molecular flexibility index (Phi) is 6.32. The van der Waals surface area contributed by atoms with Gasteiger partial charge in [0, 0.05) is 16.1 Å². The van der Waals surface area contributed by atoms with Crippen LogP contribution >= 0.6 is 11.3 Å². The summed E-state index contributed by atoms with van der Waals surface area (Å²) >= 11 is 1.45. The number of benzene rings is 2. The Morgan fingerprint density at radius 3 is 2.52 bits per heavy atom. The molecule has 0 bridgehead atoms. The van der Waals surface area contributed by atoms with Gasteiger partial charge >= 0.3 is 0 Å². The van der Waals surface area contributed by atoms with Gasteiger partial charge in [-0.1, -0.05) is 19.1 Å². The molecule has 4 rings (SSSR count). The molecule has 1 aromatic heterocycles. The molecule has 2 aromatic carbocycles. The maximum atomic E-state index is 13.0. The topological polar surface area (TPSA) is 80.3 Å². The smallest absolute Gasteiger partial charge is 0.257 e. The first-order valence-electron chi connectivity index (χ1n) is 10.4. The summed E-state index contributed by atoms with van der Waals surface area (Å²) in [5.41, 5.74) is 3.33. The van der Waals surface area contributed by atoms with Gasteiger partial charge in [0.25, 0.3) is 5.91 Å². The van der Waals surface area contributed by atoms with Crippen molar-refractivity contribution in [3.8, 4) is 5.75 Å². The van der Waals surface area contributed by atoms with E-state index < -0.39 is 0 Å². The molecule has 7 heteroatoms. The van der Waals surface area contributed by atoms with Crippen LogP contribution in [-0.2, 0) is 17.6 Å². The minimum Gasteiger partial charge on any atom is -0.497 e. The van der Waals surface area contributed by atoms with Crippen LogP contribution in [0.25, 0.3) is 0 Å². The highest BCUT2D eigenvalue weighted by atomic mass is 32.1. The second-order valence-electron chi connectivity index (χ2n) is 7.49. The Hall–Kier alpha value is -3.19. The molecule has 0 saturated heterocycles. The molecule has 3 aromatic rings. The van der Waals surface area contributed by atoms with Gasteiger partial charge in [-0.25, -0.2) is 4.98 Å². The molecule has 1 aliphatic carbocycles. The van der Waals surface area contributed by atoms with E-state index in [1.165, 1.54) is 16.9 Å². The van der Waals surface area contributed by atoms with Crippen LogP contribution in [0.4, 0.5) is 10.8 Å². The Labute approximate surface area is 185 Å². The number of amides is 2. The standard InChI is InChI=1S/C24H25N3O3S/c1-3-15-7-11-17(12-8-15)25-23(29)19-5-4-6-20-21(19)26-24(31-20)27-22(28)16-9-13-18(30-2)14-10-16/h7-14,19H,3-6H2,1-2H3,(H,25,29)(H,26,27,28). The quantitative estimate of drug-likeness (QED) is 0.569. The van der Waals surface area contributed by atoms with Crippen LogP contribution < -0.4 is 15.4 Å². The lowest BCUT2D eigenvalue weighted by molar-refractivity contribution is -0.117. The average molecular weight is 436 g/mol. The predicted molar refractivity (Wildman–Crippen MR) is 123 cm³/mol. The highest BCUT2D eigenvalue weighted by molar-refractivity contribution is 7.16. The summed E-state index contributed by atoms with van der Waals surface area (Å²) in [7, 11) is 1.59. The molecule has 0 aliphatic heterocycles. The Morgan fingerprint density at radius 1 is 1.10 bits per heavy atom.